The Morgan fingerprint density at radius 1 is 1.50 bits per heavy atom. The molecule has 1 saturated heterocycles. The lowest BCUT2D eigenvalue weighted by molar-refractivity contribution is -0.0268. The summed E-state index contributed by atoms with van der Waals surface area (Å²) in [6.45, 7) is 4.09. The van der Waals surface area contributed by atoms with Gasteiger partial charge in [-0.25, -0.2) is 0 Å². The molecule has 0 unspecified atom stereocenters. The molecule has 3 nitrogen and oxygen atoms in total. The summed E-state index contributed by atoms with van der Waals surface area (Å²) in [5, 5.41) is 10.3. The number of ether oxygens (including phenoxy) is 1. The van der Waals surface area contributed by atoms with Crippen LogP contribution in [0.5, 0.6) is 0 Å². The maximum absolute atomic E-state index is 9.40. The second kappa shape index (κ2) is 5.90. The summed E-state index contributed by atoms with van der Waals surface area (Å²) in [7, 11) is 0. The molecule has 0 aliphatic carbocycles. The van der Waals surface area contributed by atoms with E-state index >= 15 is 0 Å². The van der Waals surface area contributed by atoms with Gasteiger partial charge in [0.15, 0.2) is 0 Å². The Bertz CT molecular complexity index is 473. The summed E-state index contributed by atoms with van der Waals surface area (Å²) in [6, 6.07) is 7.32. The van der Waals surface area contributed by atoms with Crippen molar-refractivity contribution in [3.05, 3.63) is 33.8 Å². The molecule has 0 saturated carbocycles. The van der Waals surface area contributed by atoms with Gasteiger partial charge >= 0.3 is 0 Å². The van der Waals surface area contributed by atoms with Crippen molar-refractivity contribution >= 4 is 23.2 Å². The van der Waals surface area contributed by atoms with Crippen molar-refractivity contribution in [1.29, 1.82) is 5.26 Å². The maximum Gasteiger partial charge on any atom is 0.125 e. The van der Waals surface area contributed by atoms with E-state index in [4.69, 9.17) is 27.9 Å². The van der Waals surface area contributed by atoms with E-state index < -0.39 is 0 Å². The lowest BCUT2D eigenvalue weighted by Gasteiger charge is -2.34. The van der Waals surface area contributed by atoms with E-state index in [2.05, 4.69) is 11.0 Å². The predicted molar refractivity (Wildman–Crippen MR) is 71.8 cm³/mol. The quantitative estimate of drug-likeness (QED) is 0.836. The SMILES string of the molecule is C[C@@H]1CN([C@@H](C#N)c2cccc(Cl)c2Cl)CCO1. The molecule has 1 fully saturated rings. The number of hydrogen-bond acceptors (Lipinski definition) is 3. The Morgan fingerprint density at radius 3 is 2.94 bits per heavy atom. The van der Waals surface area contributed by atoms with Crippen LogP contribution in [0.3, 0.4) is 0 Å². The van der Waals surface area contributed by atoms with E-state index in [0.717, 1.165) is 18.7 Å². The molecule has 18 heavy (non-hydrogen) atoms. The molecule has 1 heterocycles. The Labute approximate surface area is 117 Å². The first kappa shape index (κ1) is 13.6. The maximum atomic E-state index is 9.40. The van der Waals surface area contributed by atoms with Gasteiger partial charge in [-0.2, -0.15) is 5.26 Å². The minimum atomic E-state index is -0.373. The minimum Gasteiger partial charge on any atom is -0.376 e. The molecule has 1 aliphatic rings. The van der Waals surface area contributed by atoms with Crippen LogP contribution in [0.25, 0.3) is 0 Å². The Balaban J connectivity index is 2.28. The fraction of sp³-hybridized carbons (Fsp3) is 0.462. The van der Waals surface area contributed by atoms with Gasteiger partial charge in [-0.1, -0.05) is 35.3 Å². The summed E-state index contributed by atoms with van der Waals surface area (Å²) in [5.74, 6) is 0. The van der Waals surface area contributed by atoms with Crippen LogP contribution in [0.2, 0.25) is 10.0 Å². The van der Waals surface area contributed by atoms with Crippen molar-refractivity contribution in [3.63, 3.8) is 0 Å². The van der Waals surface area contributed by atoms with Gasteiger partial charge in [0.2, 0.25) is 0 Å². The molecule has 2 atom stereocenters. The van der Waals surface area contributed by atoms with Crippen molar-refractivity contribution in [1.82, 2.24) is 4.90 Å². The summed E-state index contributed by atoms with van der Waals surface area (Å²) in [6.07, 6.45) is 0.132. The Kier molecular flexibility index (Phi) is 4.47. The fourth-order valence-corrected chi connectivity index (χ4v) is 2.57. The standard InChI is InChI=1S/C13H14Cl2N2O/c1-9-8-17(5-6-18-9)12(7-16)10-3-2-4-11(14)13(10)15/h2-4,9,12H,5-6,8H2,1H3/t9-,12+/m1/s1. The van der Waals surface area contributed by atoms with Gasteiger partial charge in [0.25, 0.3) is 0 Å². The molecular formula is C13H14Cl2N2O. The number of benzene rings is 1. The monoisotopic (exact) mass is 284 g/mol. The smallest absolute Gasteiger partial charge is 0.125 e. The normalized spacial score (nSPS) is 22.4. The summed E-state index contributed by atoms with van der Waals surface area (Å²) in [5.41, 5.74) is 0.765. The molecular weight excluding hydrogens is 271 g/mol. The van der Waals surface area contributed by atoms with Crippen LogP contribution in [-0.2, 0) is 4.74 Å². The second-order valence-electron chi connectivity index (χ2n) is 4.35. The average Bonchev–Trinajstić information content (AvgIpc) is 2.35. The molecule has 2 rings (SSSR count). The molecule has 96 valence electrons. The highest BCUT2D eigenvalue weighted by atomic mass is 35.5. The Morgan fingerprint density at radius 2 is 2.28 bits per heavy atom. The fourth-order valence-electron chi connectivity index (χ4n) is 2.16. The number of rotatable bonds is 2. The van der Waals surface area contributed by atoms with E-state index in [1.54, 1.807) is 6.07 Å². The molecule has 5 heteroatoms. The molecule has 0 bridgehead atoms. The number of nitrogens with zero attached hydrogens (tertiary/aromatic N) is 2. The lowest BCUT2D eigenvalue weighted by Crippen LogP contribution is -2.42. The van der Waals surface area contributed by atoms with Crippen LogP contribution in [0.15, 0.2) is 18.2 Å². The molecule has 0 aromatic heterocycles. The van der Waals surface area contributed by atoms with E-state index in [1.807, 2.05) is 19.1 Å². The van der Waals surface area contributed by atoms with E-state index in [0.29, 0.717) is 16.7 Å². The predicted octanol–water partition coefficient (Wildman–Crippen LogP) is 3.28. The first-order valence-electron chi connectivity index (χ1n) is 5.82. The van der Waals surface area contributed by atoms with Gasteiger partial charge < -0.3 is 4.74 Å². The highest BCUT2D eigenvalue weighted by Gasteiger charge is 2.27. The summed E-state index contributed by atoms with van der Waals surface area (Å²) in [4.78, 5) is 2.08. The van der Waals surface area contributed by atoms with Crippen LogP contribution < -0.4 is 0 Å². The van der Waals surface area contributed by atoms with Crippen molar-refractivity contribution in [2.75, 3.05) is 19.7 Å². The number of morpholine rings is 1. The highest BCUT2D eigenvalue weighted by Crippen LogP contribution is 2.33. The van der Waals surface area contributed by atoms with Crippen molar-refractivity contribution in [2.24, 2.45) is 0 Å². The Hall–Kier alpha value is -0.790. The third kappa shape index (κ3) is 2.78. The zero-order chi connectivity index (χ0) is 13.1. The number of halogens is 2. The highest BCUT2D eigenvalue weighted by molar-refractivity contribution is 6.42. The van der Waals surface area contributed by atoms with Crippen LogP contribution in [0.1, 0.15) is 18.5 Å². The van der Waals surface area contributed by atoms with Crippen LogP contribution in [0.4, 0.5) is 0 Å². The topological polar surface area (TPSA) is 36.3 Å². The van der Waals surface area contributed by atoms with Crippen molar-refractivity contribution in [2.45, 2.75) is 19.1 Å². The zero-order valence-electron chi connectivity index (χ0n) is 10.1. The first-order valence-corrected chi connectivity index (χ1v) is 6.58. The van der Waals surface area contributed by atoms with Crippen LogP contribution in [-0.4, -0.2) is 30.7 Å². The van der Waals surface area contributed by atoms with E-state index in [9.17, 15) is 5.26 Å². The molecule has 0 radical (unpaired) electrons. The lowest BCUT2D eigenvalue weighted by atomic mass is 10.1. The van der Waals surface area contributed by atoms with Crippen LogP contribution in [0, 0.1) is 11.3 Å². The largest absolute Gasteiger partial charge is 0.376 e. The van der Waals surface area contributed by atoms with Gasteiger partial charge in [0, 0.05) is 18.7 Å². The molecule has 0 N–H and O–H groups in total. The number of hydrogen-bond donors (Lipinski definition) is 0. The van der Waals surface area contributed by atoms with Gasteiger partial charge in [-0.05, 0) is 13.0 Å². The van der Waals surface area contributed by atoms with Gasteiger partial charge in [0.1, 0.15) is 6.04 Å². The third-order valence-corrected chi connectivity index (χ3v) is 3.87. The molecule has 1 aromatic rings. The molecule has 0 spiro atoms. The molecule has 0 amide bonds. The minimum absolute atomic E-state index is 0.132. The second-order valence-corrected chi connectivity index (χ2v) is 5.14. The molecule has 1 aliphatic heterocycles. The van der Waals surface area contributed by atoms with Crippen LogP contribution >= 0.6 is 23.2 Å². The first-order chi connectivity index (χ1) is 8.63. The van der Waals surface area contributed by atoms with Crippen molar-refractivity contribution in [3.8, 4) is 6.07 Å². The van der Waals surface area contributed by atoms with Gasteiger partial charge in [-0.15, -0.1) is 0 Å². The average molecular weight is 285 g/mol. The van der Waals surface area contributed by atoms with Crippen molar-refractivity contribution < 1.29 is 4.74 Å². The third-order valence-electron chi connectivity index (χ3n) is 3.04. The van der Waals surface area contributed by atoms with E-state index in [1.165, 1.54) is 0 Å². The zero-order valence-corrected chi connectivity index (χ0v) is 11.6. The summed E-state index contributed by atoms with van der Waals surface area (Å²) < 4.78 is 5.48. The van der Waals surface area contributed by atoms with Gasteiger partial charge in [0.05, 0.1) is 28.8 Å². The summed E-state index contributed by atoms with van der Waals surface area (Å²) >= 11 is 12.2. The number of nitriles is 1. The van der Waals surface area contributed by atoms with E-state index in [-0.39, 0.29) is 12.1 Å². The van der Waals surface area contributed by atoms with Gasteiger partial charge in [-0.3, -0.25) is 4.90 Å². The molecule has 1 aromatic carbocycles.